The van der Waals surface area contributed by atoms with Gasteiger partial charge in [0.05, 0.1) is 25.2 Å². The highest BCUT2D eigenvalue weighted by Gasteiger charge is 2.29. The highest BCUT2D eigenvalue weighted by molar-refractivity contribution is 7.92. The normalized spacial score (nSPS) is 16.0. The van der Waals surface area contributed by atoms with E-state index in [0.717, 1.165) is 55.0 Å². The number of carbonyl (C=O) groups excluding carboxylic acids is 1. The summed E-state index contributed by atoms with van der Waals surface area (Å²) in [6, 6.07) is 12.1. The fourth-order valence-electron chi connectivity index (χ4n) is 3.54. The first-order chi connectivity index (χ1) is 14.7. The molecule has 0 radical (unpaired) electrons. The number of anilines is 1. The van der Waals surface area contributed by atoms with Crippen LogP contribution in [0.1, 0.15) is 18.1 Å². The number of rotatable bonds is 8. The van der Waals surface area contributed by atoms with E-state index in [1.165, 1.54) is 30.7 Å². The highest BCUT2D eigenvalue weighted by atomic mass is 32.2. The van der Waals surface area contributed by atoms with E-state index in [1.807, 2.05) is 24.3 Å². The van der Waals surface area contributed by atoms with Crippen LogP contribution in [0.25, 0.3) is 0 Å². The first-order valence-corrected chi connectivity index (χ1v) is 12.0. The zero-order valence-corrected chi connectivity index (χ0v) is 18.6. The Labute approximate surface area is 182 Å². The summed E-state index contributed by atoms with van der Waals surface area (Å²) in [5.41, 5.74) is 2.19. The van der Waals surface area contributed by atoms with Crippen molar-refractivity contribution in [3.05, 3.63) is 65.5 Å². The molecule has 7 nitrogen and oxygen atoms in total. The Morgan fingerprint density at radius 2 is 1.81 bits per heavy atom. The van der Waals surface area contributed by atoms with Gasteiger partial charge in [0.2, 0.25) is 15.9 Å². The second-order valence-electron chi connectivity index (χ2n) is 7.64. The number of halogens is 1. The van der Waals surface area contributed by atoms with Crippen LogP contribution in [0.15, 0.2) is 48.5 Å². The molecule has 0 bridgehead atoms. The summed E-state index contributed by atoms with van der Waals surface area (Å²) < 4.78 is 44.4. The van der Waals surface area contributed by atoms with Gasteiger partial charge >= 0.3 is 0 Å². The Balaban J connectivity index is 1.60. The summed E-state index contributed by atoms with van der Waals surface area (Å²) in [6.45, 7) is 5.93. The molecule has 3 rings (SSSR count). The first kappa shape index (κ1) is 23.2. The Morgan fingerprint density at radius 3 is 2.42 bits per heavy atom. The van der Waals surface area contributed by atoms with Gasteiger partial charge in [-0.05, 0) is 36.2 Å². The Hall–Kier alpha value is -2.49. The SMILES string of the molecule is C[C@H](C(=O)NCc1ccc(CN2CCOCC2)cc1)N(c1cccc(F)c1)S(C)(=O)=O. The summed E-state index contributed by atoms with van der Waals surface area (Å²) in [6.07, 6.45) is 0.995. The van der Waals surface area contributed by atoms with Crippen molar-refractivity contribution in [2.24, 2.45) is 0 Å². The van der Waals surface area contributed by atoms with Gasteiger partial charge in [0.25, 0.3) is 0 Å². The summed E-state index contributed by atoms with van der Waals surface area (Å²) in [5.74, 6) is -1.04. The maximum absolute atomic E-state index is 13.6. The number of nitrogens with zero attached hydrogens (tertiary/aromatic N) is 2. The van der Waals surface area contributed by atoms with Gasteiger partial charge in [-0.1, -0.05) is 30.3 Å². The maximum atomic E-state index is 13.6. The van der Waals surface area contributed by atoms with Crippen molar-refractivity contribution in [3.63, 3.8) is 0 Å². The molecular weight excluding hydrogens is 421 g/mol. The van der Waals surface area contributed by atoms with E-state index in [9.17, 15) is 17.6 Å². The van der Waals surface area contributed by atoms with E-state index < -0.39 is 27.8 Å². The second-order valence-corrected chi connectivity index (χ2v) is 9.50. The lowest BCUT2D eigenvalue weighted by Gasteiger charge is -2.28. The predicted molar refractivity (Wildman–Crippen MR) is 118 cm³/mol. The van der Waals surface area contributed by atoms with Crippen LogP contribution < -0.4 is 9.62 Å². The van der Waals surface area contributed by atoms with Crippen molar-refractivity contribution in [1.82, 2.24) is 10.2 Å². The average molecular weight is 450 g/mol. The molecule has 2 aromatic carbocycles. The van der Waals surface area contributed by atoms with Crippen LogP contribution in [0.5, 0.6) is 0 Å². The monoisotopic (exact) mass is 449 g/mol. The minimum Gasteiger partial charge on any atom is -0.379 e. The number of morpholine rings is 1. The number of nitrogens with one attached hydrogen (secondary N) is 1. The van der Waals surface area contributed by atoms with Crippen LogP contribution in [-0.2, 0) is 32.6 Å². The Bertz CT molecular complexity index is 992. The highest BCUT2D eigenvalue weighted by Crippen LogP contribution is 2.21. The average Bonchev–Trinajstić information content (AvgIpc) is 2.73. The quantitative estimate of drug-likeness (QED) is 0.668. The molecule has 9 heteroatoms. The van der Waals surface area contributed by atoms with Gasteiger partial charge in [0.1, 0.15) is 11.9 Å². The number of hydrogen-bond acceptors (Lipinski definition) is 5. The molecule has 0 saturated carbocycles. The van der Waals surface area contributed by atoms with Gasteiger partial charge in [0.15, 0.2) is 0 Å². The third-order valence-electron chi connectivity index (χ3n) is 5.15. The van der Waals surface area contributed by atoms with Crippen LogP contribution >= 0.6 is 0 Å². The summed E-state index contributed by atoms with van der Waals surface area (Å²) in [4.78, 5) is 15.0. The van der Waals surface area contributed by atoms with Crippen molar-refractivity contribution >= 4 is 21.6 Å². The van der Waals surface area contributed by atoms with Gasteiger partial charge < -0.3 is 10.1 Å². The lowest BCUT2D eigenvalue weighted by atomic mass is 10.1. The fraction of sp³-hybridized carbons (Fsp3) is 0.409. The third kappa shape index (κ3) is 6.49. The number of sulfonamides is 1. The number of hydrogen-bond donors (Lipinski definition) is 1. The van der Waals surface area contributed by atoms with Gasteiger partial charge in [-0.15, -0.1) is 0 Å². The van der Waals surface area contributed by atoms with Gasteiger partial charge in [-0.25, -0.2) is 12.8 Å². The van der Waals surface area contributed by atoms with Crippen molar-refractivity contribution in [1.29, 1.82) is 0 Å². The Kier molecular flexibility index (Phi) is 7.64. The molecule has 1 N–H and O–H groups in total. The molecule has 1 atom stereocenters. The van der Waals surface area contributed by atoms with Gasteiger partial charge in [-0.2, -0.15) is 0 Å². The summed E-state index contributed by atoms with van der Waals surface area (Å²) >= 11 is 0. The number of ether oxygens (including phenoxy) is 1. The minimum atomic E-state index is -3.79. The van der Waals surface area contributed by atoms with E-state index in [4.69, 9.17) is 4.74 Å². The molecule has 1 amide bonds. The molecule has 0 spiro atoms. The van der Waals surface area contributed by atoms with Crippen LogP contribution in [0.4, 0.5) is 10.1 Å². The number of amides is 1. The Morgan fingerprint density at radius 1 is 1.16 bits per heavy atom. The topological polar surface area (TPSA) is 79.0 Å². The molecule has 0 unspecified atom stereocenters. The van der Waals surface area contributed by atoms with E-state index in [-0.39, 0.29) is 12.2 Å². The van der Waals surface area contributed by atoms with E-state index in [0.29, 0.717) is 0 Å². The lowest BCUT2D eigenvalue weighted by Crippen LogP contribution is -2.47. The van der Waals surface area contributed by atoms with E-state index in [2.05, 4.69) is 10.2 Å². The largest absolute Gasteiger partial charge is 0.379 e. The zero-order chi connectivity index (χ0) is 22.4. The molecule has 1 aliphatic heterocycles. The third-order valence-corrected chi connectivity index (χ3v) is 6.39. The molecule has 0 aromatic heterocycles. The number of carbonyl (C=O) groups is 1. The van der Waals surface area contributed by atoms with Gasteiger partial charge in [0, 0.05) is 26.2 Å². The molecule has 1 saturated heterocycles. The first-order valence-electron chi connectivity index (χ1n) is 10.1. The predicted octanol–water partition coefficient (Wildman–Crippen LogP) is 2.13. The van der Waals surface area contributed by atoms with Crippen molar-refractivity contribution in [3.8, 4) is 0 Å². The van der Waals surface area contributed by atoms with Crippen LogP contribution in [0.2, 0.25) is 0 Å². The van der Waals surface area contributed by atoms with E-state index >= 15 is 0 Å². The zero-order valence-electron chi connectivity index (χ0n) is 17.8. The smallest absolute Gasteiger partial charge is 0.243 e. The van der Waals surface area contributed by atoms with Gasteiger partial charge in [-0.3, -0.25) is 14.0 Å². The minimum absolute atomic E-state index is 0.109. The lowest BCUT2D eigenvalue weighted by molar-refractivity contribution is -0.122. The van der Waals surface area contributed by atoms with Crippen molar-refractivity contribution < 1.29 is 22.3 Å². The molecule has 168 valence electrons. The second kappa shape index (κ2) is 10.2. The summed E-state index contributed by atoms with van der Waals surface area (Å²) in [5, 5.41) is 2.77. The number of benzene rings is 2. The molecule has 31 heavy (non-hydrogen) atoms. The molecule has 1 fully saturated rings. The molecule has 0 aliphatic carbocycles. The standard InChI is InChI=1S/C22H28FN3O4S/c1-17(26(31(2,28)29)21-5-3-4-20(23)14-21)22(27)24-15-18-6-8-19(9-7-18)16-25-10-12-30-13-11-25/h3-9,14,17H,10-13,15-16H2,1-2H3,(H,24,27)/t17-/m1/s1. The summed E-state index contributed by atoms with van der Waals surface area (Å²) in [7, 11) is -3.79. The molecule has 1 heterocycles. The maximum Gasteiger partial charge on any atom is 0.243 e. The van der Waals surface area contributed by atoms with Crippen LogP contribution in [-0.4, -0.2) is 57.8 Å². The van der Waals surface area contributed by atoms with Crippen molar-refractivity contribution in [2.75, 3.05) is 36.9 Å². The van der Waals surface area contributed by atoms with Crippen LogP contribution in [0, 0.1) is 5.82 Å². The van der Waals surface area contributed by atoms with Crippen molar-refractivity contribution in [2.45, 2.75) is 26.1 Å². The van der Waals surface area contributed by atoms with Crippen LogP contribution in [0.3, 0.4) is 0 Å². The van der Waals surface area contributed by atoms with E-state index in [1.54, 1.807) is 0 Å². The molecular formula is C22H28FN3O4S. The molecule has 1 aliphatic rings. The fourth-order valence-corrected chi connectivity index (χ4v) is 4.71. The molecule has 2 aromatic rings.